The van der Waals surface area contributed by atoms with E-state index in [0.717, 1.165) is 6.42 Å². The zero-order valence-corrected chi connectivity index (χ0v) is 29.2. The highest BCUT2D eigenvalue weighted by molar-refractivity contribution is 5.17. The third-order valence-corrected chi connectivity index (χ3v) is 12.7. The van der Waals surface area contributed by atoms with Gasteiger partial charge in [-0.3, -0.25) is 0 Å². The van der Waals surface area contributed by atoms with Crippen LogP contribution < -0.4 is 0 Å². The predicted molar refractivity (Wildman–Crippen MR) is 165 cm³/mol. The molecule has 5 fully saturated rings. The number of hydrogen-bond acceptors (Lipinski definition) is 9. The van der Waals surface area contributed by atoms with Crippen LogP contribution in [0.1, 0.15) is 95.9 Å². The summed E-state index contributed by atoms with van der Waals surface area (Å²) >= 11 is 0. The van der Waals surface area contributed by atoms with Gasteiger partial charge in [-0.25, -0.2) is 0 Å². The smallest absolute Gasteiger partial charge is 0.163 e. The molecule has 4 aliphatic heterocycles. The molecule has 0 amide bonds. The zero-order valence-electron chi connectivity index (χ0n) is 29.2. The molecule has 0 aromatic rings. The lowest BCUT2D eigenvalue weighted by molar-refractivity contribution is -0.342. The second-order valence-corrected chi connectivity index (χ2v) is 15.3. The van der Waals surface area contributed by atoms with E-state index in [4.69, 9.17) is 33.2 Å². The molecule has 2 N–H and O–H groups in total. The first kappa shape index (κ1) is 35.0. The number of fused-ring (bicyclic) bond motifs is 1. The maximum Gasteiger partial charge on any atom is 0.163 e. The van der Waals surface area contributed by atoms with E-state index in [1.165, 1.54) is 0 Å². The molecular formula is C35H62O9. The molecule has 0 aromatic heterocycles. The summed E-state index contributed by atoms with van der Waals surface area (Å²) in [5.41, 5.74) is -0.454. The molecule has 9 heteroatoms. The summed E-state index contributed by atoms with van der Waals surface area (Å²) in [5, 5.41) is 22.0. The Morgan fingerprint density at radius 2 is 1.09 bits per heavy atom. The Kier molecular flexibility index (Phi) is 10.5. The molecule has 1 saturated carbocycles. The molecule has 9 nitrogen and oxygen atoms in total. The molecule has 0 aromatic carbocycles. The number of hydrogen-bond donors (Lipinski definition) is 2. The molecular weight excluding hydrogens is 564 g/mol. The first-order valence-corrected chi connectivity index (χ1v) is 17.6. The van der Waals surface area contributed by atoms with Crippen molar-refractivity contribution in [1.82, 2.24) is 0 Å². The maximum atomic E-state index is 11.6. The van der Waals surface area contributed by atoms with E-state index in [1.54, 1.807) is 0 Å². The Hall–Kier alpha value is -0.360. The van der Waals surface area contributed by atoms with E-state index in [-0.39, 0.29) is 78.4 Å². The Balaban J connectivity index is 1.25. The second-order valence-electron chi connectivity index (χ2n) is 15.3. The minimum Gasteiger partial charge on any atom is -0.390 e. The standard InChI is InChI=1S/C35H62O9/c1-13-24-30(17(5)15(3)21(9)38-24)42-33-19(7)26-27(22(10)39-33)35(26,12)44-34-20(8)29(37)31(25(14-2)41-34)43-32-18(6)16(4)28(36)23(11)40-32/h15-34,36-37H,13-14H2,1-12H3/t15?,16?,17?,18?,19?,20?,21-,22?,23?,24?,25?,26-,27-,28+,29-,30+,31-,32+,33-,34+,35?/m1/s1. The number of aliphatic hydroxyl groups is 2. The third-order valence-electron chi connectivity index (χ3n) is 12.7. The summed E-state index contributed by atoms with van der Waals surface area (Å²) in [4.78, 5) is 0. The highest BCUT2D eigenvalue weighted by Gasteiger charge is 2.72. The first-order chi connectivity index (χ1) is 20.7. The van der Waals surface area contributed by atoms with Crippen LogP contribution in [0.2, 0.25) is 0 Å². The molecule has 1 aliphatic carbocycles. The van der Waals surface area contributed by atoms with Gasteiger partial charge in [-0.1, -0.05) is 55.4 Å². The lowest BCUT2D eigenvalue weighted by Gasteiger charge is -2.48. The van der Waals surface area contributed by atoms with E-state index in [9.17, 15) is 10.2 Å². The summed E-state index contributed by atoms with van der Waals surface area (Å²) in [6, 6.07) is 0. The molecule has 4 saturated heterocycles. The average Bonchev–Trinajstić information content (AvgIpc) is 3.62. The van der Waals surface area contributed by atoms with Crippen LogP contribution in [0.3, 0.4) is 0 Å². The van der Waals surface area contributed by atoms with Gasteiger partial charge in [0.15, 0.2) is 18.9 Å². The van der Waals surface area contributed by atoms with Crippen LogP contribution in [-0.2, 0) is 33.2 Å². The molecule has 0 bridgehead atoms. The predicted octanol–water partition coefficient (Wildman–Crippen LogP) is 5.14. The molecule has 256 valence electrons. The van der Waals surface area contributed by atoms with Gasteiger partial charge in [0.05, 0.1) is 54.4 Å². The molecule has 0 spiro atoms. The SMILES string of the molecule is CCC1O[C@H](C)C(C)C(C)[C@@H]1O[C@H]1OC(C)[C@@H]2[C@@H](C1C)C2(C)O[C@@H]1OC(CC)[C@@H](O[C@@H]2OC(C)[C@@H](O)C(C)C2C)[C@H](O)C1C. The topological polar surface area (TPSA) is 105 Å². The van der Waals surface area contributed by atoms with Crippen LogP contribution >= 0.6 is 0 Å². The van der Waals surface area contributed by atoms with Crippen LogP contribution in [0.25, 0.3) is 0 Å². The number of rotatable bonds is 8. The molecule has 5 rings (SSSR count). The number of aliphatic hydroxyl groups excluding tert-OH is 2. The van der Waals surface area contributed by atoms with Gasteiger partial charge >= 0.3 is 0 Å². The van der Waals surface area contributed by atoms with E-state index >= 15 is 0 Å². The van der Waals surface area contributed by atoms with Crippen molar-refractivity contribution in [2.45, 2.75) is 175 Å². The normalized spacial score (nSPS) is 58.0. The van der Waals surface area contributed by atoms with Crippen molar-refractivity contribution in [3.63, 3.8) is 0 Å². The highest BCUT2D eigenvalue weighted by atomic mass is 16.7. The van der Waals surface area contributed by atoms with Crippen molar-refractivity contribution in [2.24, 2.45) is 47.3 Å². The van der Waals surface area contributed by atoms with Crippen molar-refractivity contribution in [3.8, 4) is 0 Å². The fraction of sp³-hybridized carbons (Fsp3) is 1.00. The van der Waals surface area contributed by atoms with Crippen molar-refractivity contribution in [3.05, 3.63) is 0 Å². The third kappa shape index (κ3) is 6.05. The van der Waals surface area contributed by atoms with Crippen LogP contribution in [0, 0.1) is 47.3 Å². The van der Waals surface area contributed by atoms with Crippen LogP contribution in [0.4, 0.5) is 0 Å². The lowest BCUT2D eigenvalue weighted by atomic mass is 9.81. The molecule has 5 aliphatic rings. The summed E-state index contributed by atoms with van der Waals surface area (Å²) in [7, 11) is 0. The minimum absolute atomic E-state index is 0.0162. The summed E-state index contributed by atoms with van der Waals surface area (Å²) in [5.74, 6) is 1.05. The minimum atomic E-state index is -0.790. The summed E-state index contributed by atoms with van der Waals surface area (Å²) in [6.45, 7) is 25.3. The van der Waals surface area contributed by atoms with E-state index in [2.05, 4.69) is 48.5 Å². The zero-order chi connectivity index (χ0) is 32.4. The first-order valence-electron chi connectivity index (χ1n) is 17.6. The average molecular weight is 627 g/mol. The van der Waals surface area contributed by atoms with Gasteiger partial charge in [0.2, 0.25) is 0 Å². The Bertz CT molecular complexity index is 962. The van der Waals surface area contributed by atoms with E-state index in [0.29, 0.717) is 18.3 Å². The fourth-order valence-electron chi connectivity index (χ4n) is 8.95. The second kappa shape index (κ2) is 13.3. The maximum absolute atomic E-state index is 11.6. The van der Waals surface area contributed by atoms with Crippen LogP contribution in [0.15, 0.2) is 0 Å². The van der Waals surface area contributed by atoms with Gasteiger partial charge in [-0.15, -0.1) is 0 Å². The van der Waals surface area contributed by atoms with Gasteiger partial charge in [-0.2, -0.15) is 0 Å². The van der Waals surface area contributed by atoms with Gasteiger partial charge in [0.1, 0.15) is 6.10 Å². The quantitative estimate of drug-likeness (QED) is 0.379. The van der Waals surface area contributed by atoms with Crippen molar-refractivity contribution < 1.29 is 43.4 Å². The highest BCUT2D eigenvalue weighted by Crippen LogP contribution is 2.64. The molecule has 44 heavy (non-hydrogen) atoms. The van der Waals surface area contributed by atoms with Gasteiger partial charge in [-0.05, 0) is 58.3 Å². The van der Waals surface area contributed by atoms with Gasteiger partial charge in [0.25, 0.3) is 0 Å². The summed E-state index contributed by atoms with van der Waals surface area (Å²) < 4.78 is 45.7. The molecule has 4 heterocycles. The number of ether oxygens (including phenoxy) is 7. The Morgan fingerprint density at radius 3 is 1.73 bits per heavy atom. The van der Waals surface area contributed by atoms with E-state index < -0.39 is 36.5 Å². The van der Waals surface area contributed by atoms with Crippen molar-refractivity contribution in [2.75, 3.05) is 0 Å². The van der Waals surface area contributed by atoms with Crippen LogP contribution in [-0.4, -0.2) is 89.6 Å². The molecule has 0 radical (unpaired) electrons. The van der Waals surface area contributed by atoms with Gasteiger partial charge in [0, 0.05) is 29.6 Å². The van der Waals surface area contributed by atoms with Gasteiger partial charge < -0.3 is 43.4 Å². The molecule has 11 unspecified atom stereocenters. The van der Waals surface area contributed by atoms with E-state index in [1.807, 2.05) is 34.6 Å². The van der Waals surface area contributed by atoms with Crippen LogP contribution in [0.5, 0.6) is 0 Å². The Morgan fingerprint density at radius 1 is 0.523 bits per heavy atom. The van der Waals surface area contributed by atoms with Crippen molar-refractivity contribution in [1.29, 1.82) is 0 Å². The Labute approximate surface area is 266 Å². The largest absolute Gasteiger partial charge is 0.390 e. The summed E-state index contributed by atoms with van der Waals surface area (Å²) in [6.07, 6.45) is -2.23. The lowest BCUT2D eigenvalue weighted by Crippen LogP contribution is -2.59. The molecule has 21 atom stereocenters. The fourth-order valence-corrected chi connectivity index (χ4v) is 8.95. The van der Waals surface area contributed by atoms with Crippen molar-refractivity contribution >= 4 is 0 Å². The monoisotopic (exact) mass is 626 g/mol.